The van der Waals surface area contributed by atoms with Crippen molar-refractivity contribution in [1.82, 2.24) is 4.98 Å². The number of ether oxygens (including phenoxy) is 1. The smallest absolute Gasteiger partial charge is 0.311 e. The molecule has 0 aliphatic rings. The molecular weight excluding hydrogens is 270 g/mol. The van der Waals surface area contributed by atoms with Gasteiger partial charge in [0.15, 0.2) is 0 Å². The highest BCUT2D eigenvalue weighted by atomic mass is 16.6. The second-order valence-corrected chi connectivity index (χ2v) is 4.77. The molecule has 6 heteroatoms. The van der Waals surface area contributed by atoms with Crippen LogP contribution in [0.5, 0.6) is 5.75 Å². The largest absolute Gasteiger partial charge is 0.496 e. The third-order valence-corrected chi connectivity index (χ3v) is 3.17. The van der Waals surface area contributed by atoms with E-state index >= 15 is 0 Å². The monoisotopic (exact) mass is 287 g/mol. The molecule has 1 heterocycles. The summed E-state index contributed by atoms with van der Waals surface area (Å²) in [5.74, 6) is 1.09. The summed E-state index contributed by atoms with van der Waals surface area (Å²) in [6, 6.07) is 8.87. The van der Waals surface area contributed by atoms with E-state index in [0.29, 0.717) is 12.4 Å². The van der Waals surface area contributed by atoms with Gasteiger partial charge in [0.1, 0.15) is 5.75 Å². The van der Waals surface area contributed by atoms with Crippen molar-refractivity contribution in [3.05, 3.63) is 57.8 Å². The molecule has 0 saturated carbocycles. The van der Waals surface area contributed by atoms with E-state index in [2.05, 4.69) is 4.98 Å². The highest BCUT2D eigenvalue weighted by Gasteiger charge is 2.19. The van der Waals surface area contributed by atoms with Crippen molar-refractivity contribution < 1.29 is 9.66 Å². The van der Waals surface area contributed by atoms with Crippen LogP contribution < -0.4 is 9.64 Å². The van der Waals surface area contributed by atoms with Gasteiger partial charge in [0.25, 0.3) is 0 Å². The van der Waals surface area contributed by atoms with Crippen molar-refractivity contribution in [1.29, 1.82) is 0 Å². The Labute approximate surface area is 123 Å². The van der Waals surface area contributed by atoms with E-state index in [1.165, 1.54) is 6.07 Å². The Morgan fingerprint density at radius 3 is 2.81 bits per heavy atom. The Bertz CT molecular complexity index is 658. The molecule has 0 spiro atoms. The number of methoxy groups -OCH3 is 1. The third-order valence-electron chi connectivity index (χ3n) is 3.17. The number of hydrogen-bond donors (Lipinski definition) is 0. The second kappa shape index (κ2) is 6.21. The van der Waals surface area contributed by atoms with E-state index in [9.17, 15) is 10.1 Å². The summed E-state index contributed by atoms with van der Waals surface area (Å²) in [5, 5.41) is 11.1. The van der Waals surface area contributed by atoms with Crippen molar-refractivity contribution >= 4 is 11.5 Å². The van der Waals surface area contributed by atoms with Gasteiger partial charge < -0.3 is 9.64 Å². The molecule has 1 aromatic carbocycles. The lowest BCUT2D eigenvalue weighted by Crippen LogP contribution is -2.19. The number of anilines is 1. The maximum absolute atomic E-state index is 11.1. The number of nitro groups is 1. The Hall–Kier alpha value is -2.63. The fraction of sp³-hybridized carbons (Fsp3) is 0.267. The van der Waals surface area contributed by atoms with Crippen LogP contribution in [0.1, 0.15) is 11.1 Å². The van der Waals surface area contributed by atoms with Gasteiger partial charge in [-0.3, -0.25) is 10.1 Å². The molecule has 1 aromatic heterocycles. The van der Waals surface area contributed by atoms with Crippen molar-refractivity contribution in [2.45, 2.75) is 13.5 Å². The Morgan fingerprint density at radius 2 is 2.14 bits per heavy atom. The average molecular weight is 287 g/mol. The van der Waals surface area contributed by atoms with E-state index in [-0.39, 0.29) is 5.69 Å². The number of pyridine rings is 1. The summed E-state index contributed by atoms with van der Waals surface area (Å²) in [6.45, 7) is 2.47. The van der Waals surface area contributed by atoms with Crippen LogP contribution in [0.2, 0.25) is 0 Å². The fourth-order valence-corrected chi connectivity index (χ4v) is 2.19. The summed E-state index contributed by atoms with van der Waals surface area (Å²) in [5.41, 5.74) is 2.06. The van der Waals surface area contributed by atoms with Crippen LogP contribution >= 0.6 is 0 Å². The van der Waals surface area contributed by atoms with E-state index < -0.39 is 4.92 Å². The zero-order valence-corrected chi connectivity index (χ0v) is 12.2. The Balaban J connectivity index is 2.32. The van der Waals surface area contributed by atoms with Crippen molar-refractivity contribution in [2.75, 3.05) is 19.1 Å². The zero-order chi connectivity index (χ0) is 15.4. The van der Waals surface area contributed by atoms with Gasteiger partial charge in [-0.2, -0.15) is 0 Å². The molecule has 0 saturated heterocycles. The van der Waals surface area contributed by atoms with Crippen LogP contribution in [-0.2, 0) is 6.54 Å². The highest BCUT2D eigenvalue weighted by Crippen LogP contribution is 2.27. The summed E-state index contributed by atoms with van der Waals surface area (Å²) in [6.07, 6.45) is 1.55. The molecule has 0 aliphatic heterocycles. The van der Waals surface area contributed by atoms with Crippen molar-refractivity contribution in [2.24, 2.45) is 0 Å². The van der Waals surface area contributed by atoms with Crippen molar-refractivity contribution in [3.63, 3.8) is 0 Å². The molecule has 0 aliphatic carbocycles. The maximum atomic E-state index is 11.1. The predicted molar refractivity (Wildman–Crippen MR) is 80.7 cm³/mol. The summed E-state index contributed by atoms with van der Waals surface area (Å²) in [7, 11) is 3.38. The zero-order valence-electron chi connectivity index (χ0n) is 12.2. The first-order chi connectivity index (χ1) is 10.0. The van der Waals surface area contributed by atoms with Gasteiger partial charge in [-0.25, -0.2) is 4.98 Å². The summed E-state index contributed by atoms with van der Waals surface area (Å²) >= 11 is 0. The minimum Gasteiger partial charge on any atom is -0.496 e. The van der Waals surface area contributed by atoms with Crippen LogP contribution in [0, 0.1) is 17.0 Å². The number of benzene rings is 1. The Kier molecular flexibility index (Phi) is 4.37. The SMILES string of the molecule is COc1ccc(C)cc1CN(C)c1ncccc1[N+](=O)[O-]. The molecule has 21 heavy (non-hydrogen) atoms. The average Bonchev–Trinajstić information content (AvgIpc) is 2.47. The molecular formula is C15H17N3O3. The van der Waals surface area contributed by atoms with Crippen LogP contribution in [0.3, 0.4) is 0 Å². The molecule has 2 aromatic rings. The topological polar surface area (TPSA) is 68.5 Å². The quantitative estimate of drug-likeness (QED) is 0.624. The van der Waals surface area contributed by atoms with Gasteiger partial charge >= 0.3 is 5.69 Å². The third kappa shape index (κ3) is 3.28. The molecule has 0 atom stereocenters. The maximum Gasteiger partial charge on any atom is 0.311 e. The van der Waals surface area contributed by atoms with E-state index in [4.69, 9.17) is 4.74 Å². The number of rotatable bonds is 5. The second-order valence-electron chi connectivity index (χ2n) is 4.77. The van der Waals surface area contributed by atoms with E-state index in [0.717, 1.165) is 16.9 Å². The molecule has 2 rings (SSSR count). The van der Waals surface area contributed by atoms with Crippen molar-refractivity contribution in [3.8, 4) is 5.75 Å². The number of hydrogen-bond acceptors (Lipinski definition) is 5. The predicted octanol–water partition coefficient (Wildman–Crippen LogP) is 2.94. The number of aryl methyl sites for hydroxylation is 1. The molecule has 0 amide bonds. The standard InChI is InChI=1S/C15H17N3O3/c1-11-6-7-14(21-3)12(9-11)10-17(2)15-13(18(19)20)5-4-8-16-15/h4-9H,10H2,1-3H3. The minimum atomic E-state index is -0.424. The first-order valence-corrected chi connectivity index (χ1v) is 6.47. The van der Waals surface area contributed by atoms with Gasteiger partial charge in [-0.05, 0) is 19.1 Å². The first-order valence-electron chi connectivity index (χ1n) is 6.47. The molecule has 0 bridgehead atoms. The van der Waals surface area contributed by atoms with Gasteiger partial charge in [0, 0.05) is 31.4 Å². The van der Waals surface area contributed by atoms with Gasteiger partial charge in [0.05, 0.1) is 12.0 Å². The van der Waals surface area contributed by atoms with E-state index in [1.807, 2.05) is 25.1 Å². The fourth-order valence-electron chi connectivity index (χ4n) is 2.19. The highest BCUT2D eigenvalue weighted by molar-refractivity contribution is 5.57. The molecule has 110 valence electrons. The lowest BCUT2D eigenvalue weighted by atomic mass is 10.1. The molecule has 0 radical (unpaired) electrons. The Morgan fingerprint density at radius 1 is 1.38 bits per heavy atom. The lowest BCUT2D eigenvalue weighted by molar-refractivity contribution is -0.384. The minimum absolute atomic E-state index is 0.00776. The van der Waals surface area contributed by atoms with Gasteiger partial charge in [-0.1, -0.05) is 17.7 Å². The number of aromatic nitrogens is 1. The molecule has 6 nitrogen and oxygen atoms in total. The van der Waals surface area contributed by atoms with Gasteiger partial charge in [0.2, 0.25) is 5.82 Å². The molecule has 0 fully saturated rings. The summed E-state index contributed by atoms with van der Waals surface area (Å²) < 4.78 is 5.33. The van der Waals surface area contributed by atoms with Crippen LogP contribution in [-0.4, -0.2) is 24.1 Å². The lowest BCUT2D eigenvalue weighted by Gasteiger charge is -2.19. The summed E-state index contributed by atoms with van der Waals surface area (Å²) in [4.78, 5) is 16.5. The van der Waals surface area contributed by atoms with Crippen LogP contribution in [0.4, 0.5) is 11.5 Å². The molecule has 0 unspecified atom stereocenters. The van der Waals surface area contributed by atoms with Crippen LogP contribution in [0.25, 0.3) is 0 Å². The van der Waals surface area contributed by atoms with E-state index in [1.54, 1.807) is 31.3 Å². The molecule has 0 N–H and O–H groups in total. The van der Waals surface area contributed by atoms with Gasteiger partial charge in [-0.15, -0.1) is 0 Å². The number of nitrogens with zero attached hydrogens (tertiary/aromatic N) is 3. The van der Waals surface area contributed by atoms with Crippen LogP contribution in [0.15, 0.2) is 36.5 Å². The first kappa shape index (κ1) is 14.8. The normalized spacial score (nSPS) is 10.2.